The monoisotopic (exact) mass is 772 g/mol. The van der Waals surface area contributed by atoms with Crippen LogP contribution >= 0.6 is 0 Å². The fraction of sp³-hybridized carbons (Fsp3) is 0.238. The third-order valence-corrected chi connectivity index (χ3v) is 8.35. The molecule has 0 bridgehead atoms. The van der Waals surface area contributed by atoms with Crippen molar-refractivity contribution in [3.8, 4) is 6.07 Å². The van der Waals surface area contributed by atoms with E-state index in [1.54, 1.807) is 42.5 Å². The van der Waals surface area contributed by atoms with Gasteiger partial charge in [0.2, 0.25) is 11.8 Å². The lowest BCUT2D eigenvalue weighted by Gasteiger charge is -2.20. The summed E-state index contributed by atoms with van der Waals surface area (Å²) >= 11 is 0. The highest BCUT2D eigenvalue weighted by Gasteiger charge is 2.25. The van der Waals surface area contributed by atoms with Gasteiger partial charge in [0.25, 0.3) is 5.91 Å². The van der Waals surface area contributed by atoms with E-state index < -0.39 is 47.7 Å². The van der Waals surface area contributed by atoms with Gasteiger partial charge >= 0.3 is 5.97 Å². The fourth-order valence-electron chi connectivity index (χ4n) is 5.07. The van der Waals surface area contributed by atoms with E-state index in [2.05, 4.69) is 25.4 Å². The fourth-order valence-corrected chi connectivity index (χ4v) is 5.07. The number of carbonyl (C=O) groups is 4. The van der Waals surface area contributed by atoms with Crippen LogP contribution in [0.5, 0.6) is 0 Å². The molecule has 0 aliphatic carbocycles. The normalized spacial score (nSPS) is 11.8. The highest BCUT2D eigenvalue weighted by molar-refractivity contribution is 5.95. The van der Waals surface area contributed by atoms with Crippen LogP contribution in [0, 0.1) is 56.7 Å². The van der Waals surface area contributed by atoms with Gasteiger partial charge in [-0.3, -0.25) is 30.0 Å². The Morgan fingerprint density at radius 1 is 0.719 bits per heavy atom. The van der Waals surface area contributed by atoms with Gasteiger partial charge in [-0.2, -0.15) is 5.26 Å². The predicted octanol–water partition coefficient (Wildman–Crippen LogP) is 6.09. The molecule has 10 N–H and O–H groups in total. The molecule has 0 radical (unpaired) electrons. The first-order valence-electron chi connectivity index (χ1n) is 17.0. The Bertz CT molecular complexity index is 2190. The van der Waals surface area contributed by atoms with Crippen LogP contribution in [0.4, 0.5) is 17.1 Å². The maximum Gasteiger partial charge on any atom is 0.309 e. The third kappa shape index (κ3) is 15.1. The lowest BCUT2D eigenvalue weighted by atomic mass is 9.93. The molecule has 0 saturated heterocycles. The van der Waals surface area contributed by atoms with Crippen molar-refractivity contribution in [1.82, 2.24) is 17.0 Å². The van der Waals surface area contributed by atoms with Crippen LogP contribution < -0.4 is 22.7 Å². The maximum absolute atomic E-state index is 12.5. The summed E-state index contributed by atoms with van der Waals surface area (Å²) in [6.07, 6.45) is -1.30. The summed E-state index contributed by atoms with van der Waals surface area (Å²) in [5, 5.41) is 37.1. The van der Waals surface area contributed by atoms with Gasteiger partial charge in [0.1, 0.15) is 0 Å². The van der Waals surface area contributed by atoms with Gasteiger partial charge in [-0.1, -0.05) is 60.7 Å². The average molecular weight is 773 g/mol. The van der Waals surface area contributed by atoms with E-state index in [9.17, 15) is 29.4 Å². The molecular formula is C42H44N8O7. The van der Waals surface area contributed by atoms with Gasteiger partial charge < -0.3 is 27.2 Å². The third-order valence-electron chi connectivity index (χ3n) is 8.35. The Morgan fingerprint density at radius 3 is 1.54 bits per heavy atom. The number of benzene rings is 4. The molecule has 0 aliphatic heterocycles. The second-order valence-corrected chi connectivity index (χ2v) is 12.6. The first-order valence-corrected chi connectivity index (χ1v) is 17.0. The number of carboxylic acids is 1. The number of primary amides is 1. The van der Waals surface area contributed by atoms with Crippen LogP contribution in [0.3, 0.4) is 0 Å². The smallest absolute Gasteiger partial charge is 0.309 e. The Hall–Kier alpha value is -7.40. The van der Waals surface area contributed by atoms with Gasteiger partial charge in [-0.15, -0.1) is 0 Å². The number of nitrogens with one attached hydrogen (secondary N) is 2. The van der Waals surface area contributed by atoms with Crippen molar-refractivity contribution in [2.75, 3.05) is 0 Å². The molecule has 0 aliphatic rings. The number of aliphatic hydroxyl groups is 2. The van der Waals surface area contributed by atoms with Crippen LogP contribution in [0.1, 0.15) is 62.4 Å². The molecule has 4 atom stereocenters. The van der Waals surface area contributed by atoms with Crippen molar-refractivity contribution in [3.63, 3.8) is 0 Å². The molecule has 4 rings (SSSR count). The molecule has 0 heterocycles. The zero-order valence-corrected chi connectivity index (χ0v) is 31.9. The summed E-state index contributed by atoms with van der Waals surface area (Å²) < 4.78 is 0. The van der Waals surface area contributed by atoms with E-state index in [1.165, 1.54) is 50.2 Å². The number of nitrogens with zero attached hydrogens (tertiary/aromatic N) is 4. The molecule has 3 amide bonds. The number of nitriles is 1. The lowest BCUT2D eigenvalue weighted by Crippen LogP contribution is -2.47. The molecule has 4 aromatic rings. The molecule has 0 saturated carbocycles. The summed E-state index contributed by atoms with van der Waals surface area (Å²) in [5.74, 6) is -4.12. The highest BCUT2D eigenvalue weighted by atomic mass is 16.4. The van der Waals surface area contributed by atoms with Gasteiger partial charge in [-0.25, -0.2) is 14.5 Å². The molecule has 0 fully saturated rings. The zero-order chi connectivity index (χ0) is 41.9. The van der Waals surface area contributed by atoms with Gasteiger partial charge in [0, 0.05) is 11.1 Å². The van der Waals surface area contributed by atoms with Crippen LogP contribution in [0.25, 0.3) is 14.5 Å². The van der Waals surface area contributed by atoms with Crippen LogP contribution in [-0.4, -0.2) is 51.2 Å². The number of rotatable bonds is 10. The summed E-state index contributed by atoms with van der Waals surface area (Å²) in [6.45, 7) is 27.2. The van der Waals surface area contributed by atoms with E-state index >= 15 is 0 Å². The molecule has 0 spiro atoms. The number of hydrazine groups is 1. The number of hydrogen-bond donors (Lipinski definition) is 7. The quantitative estimate of drug-likeness (QED) is 0.0727. The number of carbonyl (C=O) groups excluding carboxylic acids is 3. The molecule has 57 heavy (non-hydrogen) atoms. The first kappa shape index (κ1) is 47.6. The van der Waals surface area contributed by atoms with E-state index in [-0.39, 0.29) is 19.0 Å². The van der Waals surface area contributed by atoms with Gasteiger partial charge in [-0.05, 0) is 87.1 Å². The minimum atomic E-state index is -1.01. The van der Waals surface area contributed by atoms with Crippen molar-refractivity contribution in [2.45, 2.75) is 52.7 Å². The molecule has 15 heteroatoms. The number of nitrogens with two attached hydrogens (primary N) is 1. The van der Waals surface area contributed by atoms with Crippen molar-refractivity contribution >= 4 is 40.8 Å². The minimum Gasteiger partial charge on any atom is -0.481 e. The standard InChI is InChI=1S/C21H20N4O3.C13H15NO3.C8H6N2O.H3N/c1-13-10-16(6-9-19(13)23-3)11-18(14(2)26)21(28)25-24-20(27)17-7-4-15(12-22)5-8-17;1-8-6-10(4-5-12(8)14-3)7-11(9(2)15)13(16)17;1-10-7-4-2-6(3-5-7)8(9)11;/h4-10,14,18,26H,11H2,1-2H3,(H,24,27)(H,25,28);4-6,9,11,15H,7H2,1-2H3,(H,16,17);2-5H,(H2,9,11);1H3/t14-,18+;9-,11+;;/m00../s1. The number of aliphatic hydroxyl groups excluding tert-OH is 2. The molecule has 0 unspecified atom stereocenters. The van der Waals surface area contributed by atoms with Crippen molar-refractivity contribution in [2.24, 2.45) is 17.6 Å². The zero-order valence-electron chi connectivity index (χ0n) is 31.9. The van der Waals surface area contributed by atoms with E-state index in [0.717, 1.165) is 22.3 Å². The molecular weight excluding hydrogens is 729 g/mol. The molecule has 4 aromatic carbocycles. The van der Waals surface area contributed by atoms with Crippen LogP contribution in [-0.2, 0) is 22.4 Å². The number of carboxylic acid groups (broad SMARTS) is 1. The summed E-state index contributed by atoms with van der Waals surface area (Å²) in [6, 6.07) is 24.6. The lowest BCUT2D eigenvalue weighted by molar-refractivity contribution is -0.145. The summed E-state index contributed by atoms with van der Waals surface area (Å²) in [7, 11) is 0. The Balaban J connectivity index is 0.000000474. The largest absolute Gasteiger partial charge is 0.481 e. The molecule has 15 nitrogen and oxygen atoms in total. The number of aryl methyl sites for hydroxylation is 2. The Morgan fingerprint density at radius 2 is 1.18 bits per heavy atom. The van der Waals surface area contributed by atoms with E-state index in [1.807, 2.05) is 26.0 Å². The van der Waals surface area contributed by atoms with Gasteiger partial charge in [0.15, 0.2) is 17.1 Å². The van der Waals surface area contributed by atoms with Gasteiger partial charge in [0.05, 0.1) is 55.4 Å². The SMILES string of the molecule is N.[C-]#[N+]c1ccc(C(N)=O)cc1.[C-]#[N+]c1ccc(C[C@@H](C(=O)NNC(=O)c2ccc(C#N)cc2)[C@H](C)O)cc1C.[C-]#[N+]c1ccc(C[C@@H](C(=O)O)[C@H](C)O)cc1C. The van der Waals surface area contributed by atoms with Crippen molar-refractivity contribution in [1.29, 1.82) is 5.26 Å². The summed E-state index contributed by atoms with van der Waals surface area (Å²) in [5.41, 5.74) is 15.7. The Labute approximate surface area is 331 Å². The van der Waals surface area contributed by atoms with Crippen LogP contribution in [0.15, 0.2) is 84.9 Å². The first-order chi connectivity index (χ1) is 26.5. The molecule has 294 valence electrons. The van der Waals surface area contributed by atoms with E-state index in [4.69, 9.17) is 35.8 Å². The number of amides is 3. The second-order valence-electron chi connectivity index (χ2n) is 12.6. The molecule has 0 aromatic heterocycles. The minimum absolute atomic E-state index is 0. The second kappa shape index (κ2) is 23.4. The average Bonchev–Trinajstić information content (AvgIpc) is 3.18. The van der Waals surface area contributed by atoms with Crippen molar-refractivity contribution in [3.05, 3.63) is 158 Å². The highest BCUT2D eigenvalue weighted by Crippen LogP contribution is 2.23. The van der Waals surface area contributed by atoms with Crippen LogP contribution in [0.2, 0.25) is 0 Å². The van der Waals surface area contributed by atoms with E-state index in [0.29, 0.717) is 33.8 Å². The topological polar surface area (TPSA) is 251 Å². The Kier molecular flexibility index (Phi) is 19.5. The summed E-state index contributed by atoms with van der Waals surface area (Å²) in [4.78, 5) is 56.0. The maximum atomic E-state index is 12.5. The van der Waals surface area contributed by atoms with Crippen molar-refractivity contribution < 1.29 is 34.5 Å². The number of aliphatic carboxylic acids is 1. The number of hydrogen-bond acceptors (Lipinski definition) is 8. The predicted molar refractivity (Wildman–Crippen MR) is 213 cm³/mol.